The molecule has 1 aromatic heterocycles. The first-order valence-electron chi connectivity index (χ1n) is 6.90. The smallest absolute Gasteiger partial charge is 0.227 e. The van der Waals surface area contributed by atoms with Crippen LogP contribution in [0.3, 0.4) is 0 Å². The van der Waals surface area contributed by atoms with Crippen LogP contribution in [0.1, 0.15) is 19.8 Å². The first-order valence-corrected chi connectivity index (χ1v) is 8.50. The van der Waals surface area contributed by atoms with Gasteiger partial charge in [0, 0.05) is 37.5 Å². The van der Waals surface area contributed by atoms with Crippen molar-refractivity contribution < 1.29 is 13.2 Å². The summed E-state index contributed by atoms with van der Waals surface area (Å²) in [6.07, 6.45) is 3.87. The van der Waals surface area contributed by atoms with E-state index >= 15 is 0 Å². The van der Waals surface area contributed by atoms with E-state index in [1.54, 1.807) is 6.92 Å². The van der Waals surface area contributed by atoms with Crippen molar-refractivity contribution in [2.45, 2.75) is 19.8 Å². The monoisotopic (exact) mass is 313 g/mol. The SMILES string of the molecule is CCS(=O)(=O)N1CCC(C(=O)Nc2c[nH]ccc2=O)CC1. The van der Waals surface area contributed by atoms with Gasteiger partial charge in [-0.1, -0.05) is 0 Å². The molecule has 7 nitrogen and oxygen atoms in total. The number of pyridine rings is 1. The molecule has 1 aromatic rings. The highest BCUT2D eigenvalue weighted by Crippen LogP contribution is 2.21. The average Bonchev–Trinajstić information content (AvgIpc) is 2.49. The van der Waals surface area contributed by atoms with Gasteiger partial charge in [0.05, 0.1) is 5.75 Å². The molecule has 0 saturated carbocycles. The molecule has 2 N–H and O–H groups in total. The second-order valence-electron chi connectivity index (χ2n) is 4.99. The van der Waals surface area contributed by atoms with Crippen LogP contribution in [0, 0.1) is 5.92 Å². The highest BCUT2D eigenvalue weighted by atomic mass is 32.2. The van der Waals surface area contributed by atoms with Crippen molar-refractivity contribution in [2.75, 3.05) is 24.2 Å². The summed E-state index contributed by atoms with van der Waals surface area (Å²) in [6.45, 7) is 2.30. The summed E-state index contributed by atoms with van der Waals surface area (Å²) >= 11 is 0. The first-order chi connectivity index (χ1) is 9.94. The number of piperidine rings is 1. The molecule has 2 rings (SSSR count). The molecular weight excluding hydrogens is 294 g/mol. The van der Waals surface area contributed by atoms with E-state index in [0.717, 1.165) is 0 Å². The number of nitrogens with zero attached hydrogens (tertiary/aromatic N) is 1. The number of amides is 1. The van der Waals surface area contributed by atoms with E-state index in [4.69, 9.17) is 0 Å². The molecule has 8 heteroatoms. The van der Waals surface area contributed by atoms with Gasteiger partial charge in [-0.25, -0.2) is 12.7 Å². The molecule has 1 aliphatic heterocycles. The Morgan fingerprint density at radius 3 is 2.67 bits per heavy atom. The lowest BCUT2D eigenvalue weighted by Gasteiger charge is -2.30. The second kappa shape index (κ2) is 6.40. The molecule has 0 bridgehead atoms. The van der Waals surface area contributed by atoms with Gasteiger partial charge < -0.3 is 10.3 Å². The Morgan fingerprint density at radius 1 is 1.43 bits per heavy atom. The number of hydrogen-bond donors (Lipinski definition) is 2. The lowest BCUT2D eigenvalue weighted by Crippen LogP contribution is -2.42. The largest absolute Gasteiger partial charge is 0.366 e. The third-order valence-electron chi connectivity index (χ3n) is 3.66. The van der Waals surface area contributed by atoms with Crippen LogP contribution in [0.4, 0.5) is 5.69 Å². The van der Waals surface area contributed by atoms with E-state index < -0.39 is 10.0 Å². The topological polar surface area (TPSA) is 99.3 Å². The van der Waals surface area contributed by atoms with Gasteiger partial charge in [0.25, 0.3) is 0 Å². The van der Waals surface area contributed by atoms with Crippen molar-refractivity contribution in [2.24, 2.45) is 5.92 Å². The van der Waals surface area contributed by atoms with E-state index in [9.17, 15) is 18.0 Å². The molecule has 1 saturated heterocycles. The number of hydrogen-bond acceptors (Lipinski definition) is 4. The van der Waals surface area contributed by atoms with Gasteiger partial charge in [0.1, 0.15) is 5.69 Å². The number of aromatic amines is 1. The van der Waals surface area contributed by atoms with E-state index in [1.807, 2.05) is 0 Å². The Bertz CT molecular complexity index is 660. The van der Waals surface area contributed by atoms with Gasteiger partial charge >= 0.3 is 0 Å². The molecule has 1 fully saturated rings. The molecule has 1 amide bonds. The summed E-state index contributed by atoms with van der Waals surface area (Å²) in [5.74, 6) is -0.434. The number of nitrogens with one attached hydrogen (secondary N) is 2. The van der Waals surface area contributed by atoms with Crippen LogP contribution in [0.2, 0.25) is 0 Å². The predicted octanol–water partition coefficient (Wildman–Crippen LogP) is 0.375. The van der Waals surface area contributed by atoms with Gasteiger partial charge in [-0.3, -0.25) is 9.59 Å². The number of aromatic nitrogens is 1. The molecule has 1 aliphatic rings. The average molecular weight is 313 g/mol. The Kier molecular flexibility index (Phi) is 4.79. The summed E-state index contributed by atoms with van der Waals surface area (Å²) < 4.78 is 24.9. The number of carbonyl (C=O) groups is 1. The Hall–Kier alpha value is -1.67. The van der Waals surface area contributed by atoms with Crippen molar-refractivity contribution in [3.63, 3.8) is 0 Å². The normalized spacial score (nSPS) is 17.6. The van der Waals surface area contributed by atoms with Crippen LogP contribution in [0.5, 0.6) is 0 Å². The maximum absolute atomic E-state index is 12.1. The molecule has 2 heterocycles. The molecule has 0 aliphatic carbocycles. The number of carbonyl (C=O) groups excluding carboxylic acids is 1. The number of H-pyrrole nitrogens is 1. The van der Waals surface area contributed by atoms with Crippen LogP contribution < -0.4 is 10.7 Å². The first kappa shape index (κ1) is 15.7. The van der Waals surface area contributed by atoms with Crippen molar-refractivity contribution >= 4 is 21.6 Å². The second-order valence-corrected chi connectivity index (χ2v) is 7.24. The summed E-state index contributed by atoms with van der Waals surface area (Å²) in [5.41, 5.74) is -0.0424. The number of anilines is 1. The van der Waals surface area contributed by atoms with Crippen molar-refractivity contribution in [3.05, 3.63) is 28.7 Å². The molecule has 0 spiro atoms. The summed E-state index contributed by atoms with van der Waals surface area (Å²) in [4.78, 5) is 26.4. The molecule has 0 aromatic carbocycles. The zero-order valence-electron chi connectivity index (χ0n) is 11.8. The summed E-state index contributed by atoms with van der Waals surface area (Å²) in [7, 11) is -3.19. The third kappa shape index (κ3) is 3.70. The van der Waals surface area contributed by atoms with E-state index in [-0.39, 0.29) is 28.7 Å². The fourth-order valence-electron chi connectivity index (χ4n) is 2.33. The predicted molar refractivity (Wildman–Crippen MR) is 79.5 cm³/mol. The van der Waals surface area contributed by atoms with Crippen LogP contribution >= 0.6 is 0 Å². The van der Waals surface area contributed by atoms with Gasteiger partial charge in [0.15, 0.2) is 0 Å². The van der Waals surface area contributed by atoms with Gasteiger partial charge in [-0.2, -0.15) is 0 Å². The minimum Gasteiger partial charge on any atom is -0.366 e. The maximum atomic E-state index is 12.1. The van der Waals surface area contributed by atoms with Crippen LogP contribution in [0.15, 0.2) is 23.3 Å². The molecule has 0 unspecified atom stereocenters. The van der Waals surface area contributed by atoms with E-state index in [0.29, 0.717) is 25.9 Å². The van der Waals surface area contributed by atoms with E-state index in [2.05, 4.69) is 10.3 Å². The van der Waals surface area contributed by atoms with E-state index in [1.165, 1.54) is 22.8 Å². The van der Waals surface area contributed by atoms with Crippen LogP contribution in [-0.2, 0) is 14.8 Å². The lowest BCUT2D eigenvalue weighted by atomic mass is 9.97. The summed E-state index contributed by atoms with van der Waals surface area (Å²) in [5, 5.41) is 2.60. The standard InChI is InChI=1S/C13H19N3O4S/c1-2-21(19,20)16-7-4-10(5-8-16)13(18)15-11-9-14-6-3-12(11)17/h3,6,9-10H,2,4-5,7-8H2,1H3,(H,14,17)(H,15,18). The van der Waals surface area contributed by atoms with Gasteiger partial charge in [-0.15, -0.1) is 0 Å². The maximum Gasteiger partial charge on any atom is 0.227 e. The highest BCUT2D eigenvalue weighted by molar-refractivity contribution is 7.89. The minimum absolute atomic E-state index is 0.0727. The van der Waals surface area contributed by atoms with Crippen molar-refractivity contribution in [1.82, 2.24) is 9.29 Å². The zero-order chi connectivity index (χ0) is 15.5. The van der Waals surface area contributed by atoms with Crippen LogP contribution in [-0.4, -0.2) is 42.5 Å². The molecule has 0 atom stereocenters. The Labute approximate surface area is 123 Å². The third-order valence-corrected chi connectivity index (χ3v) is 5.55. The summed E-state index contributed by atoms with van der Waals surface area (Å²) in [6, 6.07) is 1.34. The molecule has 116 valence electrons. The number of rotatable bonds is 4. The minimum atomic E-state index is -3.19. The molecule has 0 radical (unpaired) electrons. The fourth-order valence-corrected chi connectivity index (χ4v) is 3.46. The highest BCUT2D eigenvalue weighted by Gasteiger charge is 2.30. The van der Waals surface area contributed by atoms with Crippen molar-refractivity contribution in [3.8, 4) is 0 Å². The Balaban J connectivity index is 1.95. The van der Waals surface area contributed by atoms with Gasteiger partial charge in [-0.05, 0) is 19.8 Å². The fraction of sp³-hybridized carbons (Fsp3) is 0.538. The number of sulfonamides is 1. The molecular formula is C13H19N3O4S. The lowest BCUT2D eigenvalue weighted by molar-refractivity contribution is -0.120. The van der Waals surface area contributed by atoms with Crippen molar-refractivity contribution in [1.29, 1.82) is 0 Å². The van der Waals surface area contributed by atoms with Crippen LogP contribution in [0.25, 0.3) is 0 Å². The zero-order valence-corrected chi connectivity index (χ0v) is 12.6. The Morgan fingerprint density at radius 2 is 2.10 bits per heavy atom. The van der Waals surface area contributed by atoms with Gasteiger partial charge in [0.2, 0.25) is 21.4 Å². The quantitative estimate of drug-likeness (QED) is 0.839. The molecule has 21 heavy (non-hydrogen) atoms.